The van der Waals surface area contributed by atoms with Gasteiger partial charge in [-0.05, 0) is 19.1 Å². The van der Waals surface area contributed by atoms with Crippen LogP contribution in [0.25, 0.3) is 0 Å². The first-order valence-electron chi connectivity index (χ1n) is 5.55. The highest BCUT2D eigenvalue weighted by Gasteiger charge is 2.16. The monoisotopic (exact) mass is 243 g/mol. The molecule has 0 aliphatic rings. The SMILES string of the molecule is CC(=O)c1cc(C(=O)Nc2ccccc2)c(C)o1. The normalized spacial score (nSPS) is 10.1. The van der Waals surface area contributed by atoms with Crippen LogP contribution in [0.15, 0.2) is 40.8 Å². The van der Waals surface area contributed by atoms with Gasteiger partial charge < -0.3 is 9.73 Å². The van der Waals surface area contributed by atoms with Crippen LogP contribution in [0, 0.1) is 6.92 Å². The van der Waals surface area contributed by atoms with Gasteiger partial charge in [0, 0.05) is 18.7 Å². The molecule has 0 bridgehead atoms. The third-order valence-corrected chi connectivity index (χ3v) is 2.54. The minimum atomic E-state index is -0.282. The molecule has 0 saturated heterocycles. The first-order valence-corrected chi connectivity index (χ1v) is 5.55. The molecule has 0 spiro atoms. The molecule has 2 rings (SSSR count). The highest BCUT2D eigenvalue weighted by atomic mass is 16.3. The van der Waals surface area contributed by atoms with Crippen molar-refractivity contribution in [2.45, 2.75) is 13.8 Å². The number of amides is 1. The highest BCUT2D eigenvalue weighted by Crippen LogP contribution is 2.17. The lowest BCUT2D eigenvalue weighted by atomic mass is 10.2. The zero-order valence-electron chi connectivity index (χ0n) is 10.2. The summed E-state index contributed by atoms with van der Waals surface area (Å²) in [5.41, 5.74) is 1.08. The second-order valence-corrected chi connectivity index (χ2v) is 3.96. The number of carbonyl (C=O) groups is 2. The van der Waals surface area contributed by atoms with Gasteiger partial charge in [0.15, 0.2) is 11.5 Å². The number of furan rings is 1. The van der Waals surface area contributed by atoms with E-state index in [1.165, 1.54) is 13.0 Å². The van der Waals surface area contributed by atoms with Crippen molar-refractivity contribution in [1.29, 1.82) is 0 Å². The molecule has 18 heavy (non-hydrogen) atoms. The van der Waals surface area contributed by atoms with Gasteiger partial charge in [0.1, 0.15) is 5.76 Å². The van der Waals surface area contributed by atoms with Gasteiger partial charge in [-0.25, -0.2) is 0 Å². The summed E-state index contributed by atoms with van der Waals surface area (Å²) in [6.45, 7) is 3.06. The lowest BCUT2D eigenvalue weighted by Gasteiger charge is -2.02. The van der Waals surface area contributed by atoms with Gasteiger partial charge in [0.2, 0.25) is 0 Å². The molecule has 0 atom stereocenters. The number of carbonyl (C=O) groups excluding carboxylic acids is 2. The number of ketones is 1. The number of rotatable bonds is 3. The Hall–Kier alpha value is -2.36. The lowest BCUT2D eigenvalue weighted by Crippen LogP contribution is -2.11. The van der Waals surface area contributed by atoms with Crippen molar-refractivity contribution >= 4 is 17.4 Å². The minimum Gasteiger partial charge on any atom is -0.457 e. The molecule has 0 unspecified atom stereocenters. The summed E-state index contributed by atoms with van der Waals surface area (Å²) in [4.78, 5) is 23.2. The van der Waals surface area contributed by atoms with Crippen molar-refractivity contribution in [2.24, 2.45) is 0 Å². The Kier molecular flexibility index (Phi) is 3.28. The van der Waals surface area contributed by atoms with E-state index in [1.54, 1.807) is 19.1 Å². The summed E-state index contributed by atoms with van der Waals surface area (Å²) in [7, 11) is 0. The maximum Gasteiger partial charge on any atom is 0.259 e. The number of anilines is 1. The van der Waals surface area contributed by atoms with E-state index in [0.717, 1.165) is 0 Å². The molecule has 0 saturated carbocycles. The fraction of sp³-hybridized carbons (Fsp3) is 0.143. The van der Waals surface area contributed by atoms with Gasteiger partial charge in [-0.2, -0.15) is 0 Å². The van der Waals surface area contributed by atoms with Crippen LogP contribution in [0.1, 0.15) is 33.6 Å². The van der Waals surface area contributed by atoms with E-state index < -0.39 is 0 Å². The first-order chi connectivity index (χ1) is 8.58. The van der Waals surface area contributed by atoms with Gasteiger partial charge in [0.25, 0.3) is 5.91 Å². The minimum absolute atomic E-state index is 0.197. The van der Waals surface area contributed by atoms with E-state index in [0.29, 0.717) is 17.0 Å². The molecular formula is C14H13NO3. The summed E-state index contributed by atoms with van der Waals surface area (Å²) in [6, 6.07) is 10.6. The van der Waals surface area contributed by atoms with Crippen LogP contribution in [0.4, 0.5) is 5.69 Å². The van der Waals surface area contributed by atoms with E-state index in [-0.39, 0.29) is 17.5 Å². The molecule has 0 radical (unpaired) electrons. The summed E-state index contributed by atoms with van der Waals surface area (Å²) in [6.07, 6.45) is 0. The third kappa shape index (κ3) is 2.48. The van der Waals surface area contributed by atoms with Gasteiger partial charge >= 0.3 is 0 Å². The van der Waals surface area contributed by atoms with Crippen LogP contribution in [0.2, 0.25) is 0 Å². The molecule has 1 aromatic heterocycles. The molecule has 0 aliphatic carbocycles. The molecule has 2 aromatic rings. The van der Waals surface area contributed by atoms with Crippen molar-refractivity contribution in [3.63, 3.8) is 0 Å². The van der Waals surface area contributed by atoms with Gasteiger partial charge in [0.05, 0.1) is 5.56 Å². The summed E-state index contributed by atoms with van der Waals surface area (Å²) in [5, 5.41) is 2.74. The fourth-order valence-corrected chi connectivity index (χ4v) is 1.60. The Morgan fingerprint density at radius 2 is 1.83 bits per heavy atom. The largest absolute Gasteiger partial charge is 0.457 e. The first kappa shape index (κ1) is 12.1. The number of Topliss-reactive ketones (excluding diaryl/α,β-unsaturated/α-hetero) is 1. The number of para-hydroxylation sites is 1. The number of nitrogens with one attached hydrogen (secondary N) is 1. The summed E-state index contributed by atoms with van der Waals surface area (Å²) in [5.74, 6) is 0.158. The third-order valence-electron chi connectivity index (χ3n) is 2.54. The number of hydrogen-bond acceptors (Lipinski definition) is 3. The predicted molar refractivity (Wildman–Crippen MR) is 67.8 cm³/mol. The van der Waals surface area contributed by atoms with Crippen LogP contribution in [0.3, 0.4) is 0 Å². The Morgan fingerprint density at radius 3 is 2.39 bits per heavy atom. The molecule has 4 nitrogen and oxygen atoms in total. The molecule has 92 valence electrons. The highest BCUT2D eigenvalue weighted by molar-refractivity contribution is 6.06. The number of hydrogen-bond donors (Lipinski definition) is 1. The Bertz CT molecular complexity index is 584. The topological polar surface area (TPSA) is 59.3 Å². The van der Waals surface area contributed by atoms with Gasteiger partial charge in [-0.1, -0.05) is 18.2 Å². The zero-order valence-corrected chi connectivity index (χ0v) is 10.2. The van der Waals surface area contributed by atoms with E-state index in [1.807, 2.05) is 18.2 Å². The predicted octanol–water partition coefficient (Wildman–Crippen LogP) is 3.04. The zero-order chi connectivity index (χ0) is 13.1. The van der Waals surface area contributed by atoms with Crippen LogP contribution in [-0.2, 0) is 0 Å². The average Bonchev–Trinajstić information content (AvgIpc) is 2.73. The van der Waals surface area contributed by atoms with Crippen molar-refractivity contribution in [3.05, 3.63) is 53.5 Å². The maximum atomic E-state index is 12.0. The van der Waals surface area contributed by atoms with Crippen molar-refractivity contribution in [1.82, 2.24) is 0 Å². The van der Waals surface area contributed by atoms with Gasteiger partial charge in [-0.3, -0.25) is 9.59 Å². The summed E-state index contributed by atoms with van der Waals surface area (Å²) >= 11 is 0. The van der Waals surface area contributed by atoms with Crippen LogP contribution in [-0.4, -0.2) is 11.7 Å². The second-order valence-electron chi connectivity index (χ2n) is 3.96. The summed E-state index contributed by atoms with van der Waals surface area (Å²) < 4.78 is 5.22. The van der Waals surface area contributed by atoms with Gasteiger partial charge in [-0.15, -0.1) is 0 Å². The molecule has 1 amide bonds. The van der Waals surface area contributed by atoms with Crippen LogP contribution >= 0.6 is 0 Å². The molecule has 4 heteroatoms. The van der Waals surface area contributed by atoms with E-state index in [2.05, 4.69) is 5.32 Å². The van der Waals surface area contributed by atoms with Crippen LogP contribution in [0.5, 0.6) is 0 Å². The molecule has 1 N–H and O–H groups in total. The van der Waals surface area contributed by atoms with Crippen LogP contribution < -0.4 is 5.32 Å². The molecular weight excluding hydrogens is 230 g/mol. The standard InChI is InChI=1S/C14H13NO3/c1-9(16)13-8-12(10(2)18-13)14(17)15-11-6-4-3-5-7-11/h3-8H,1-2H3,(H,15,17). The lowest BCUT2D eigenvalue weighted by molar-refractivity contribution is 0.0983. The number of benzene rings is 1. The quantitative estimate of drug-likeness (QED) is 0.843. The Balaban J connectivity index is 2.22. The van der Waals surface area contributed by atoms with E-state index in [4.69, 9.17) is 4.42 Å². The Morgan fingerprint density at radius 1 is 1.17 bits per heavy atom. The Labute approximate surface area is 105 Å². The molecule has 0 aliphatic heterocycles. The molecule has 0 fully saturated rings. The van der Waals surface area contributed by atoms with Crippen molar-refractivity contribution < 1.29 is 14.0 Å². The van der Waals surface area contributed by atoms with E-state index >= 15 is 0 Å². The second kappa shape index (κ2) is 4.87. The number of aryl methyl sites for hydroxylation is 1. The molecule has 1 aromatic carbocycles. The smallest absolute Gasteiger partial charge is 0.259 e. The maximum absolute atomic E-state index is 12.0. The van der Waals surface area contributed by atoms with Crippen molar-refractivity contribution in [3.8, 4) is 0 Å². The fourth-order valence-electron chi connectivity index (χ4n) is 1.60. The average molecular weight is 243 g/mol. The molecule has 1 heterocycles. The van der Waals surface area contributed by atoms with Crippen molar-refractivity contribution in [2.75, 3.05) is 5.32 Å². The van der Waals surface area contributed by atoms with E-state index in [9.17, 15) is 9.59 Å².